The first kappa shape index (κ1) is 22.7. The molecule has 0 spiro atoms. The third-order valence-corrected chi connectivity index (χ3v) is 9.70. The van der Waals surface area contributed by atoms with E-state index in [2.05, 4.69) is 13.8 Å². The average molecular weight is 447 g/mol. The summed E-state index contributed by atoms with van der Waals surface area (Å²) in [7, 11) is -3.33. The van der Waals surface area contributed by atoms with Crippen LogP contribution in [0, 0.1) is 0 Å². The molecule has 1 saturated heterocycles. The molecule has 1 aliphatic heterocycles. The summed E-state index contributed by atoms with van der Waals surface area (Å²) >= 11 is 0. The smallest absolute Gasteiger partial charge is 0.249 e. The van der Waals surface area contributed by atoms with E-state index in [0.717, 1.165) is 16.7 Å². The molecule has 1 N–H and O–H groups in total. The number of benzene rings is 3. The van der Waals surface area contributed by atoms with Crippen molar-refractivity contribution in [1.82, 2.24) is 9.34 Å². The number of nitrogens with zero attached hydrogens (tertiary/aromatic N) is 2. The van der Waals surface area contributed by atoms with Gasteiger partial charge in [-0.25, -0.2) is 9.34 Å². The molecule has 3 aromatic rings. The summed E-state index contributed by atoms with van der Waals surface area (Å²) in [5.41, 5.74) is 3.16. The summed E-state index contributed by atoms with van der Waals surface area (Å²) in [6, 6.07) is 30.0. The summed E-state index contributed by atoms with van der Waals surface area (Å²) < 4.78 is 18.8. The van der Waals surface area contributed by atoms with Crippen molar-refractivity contribution in [2.24, 2.45) is 0 Å². The fourth-order valence-corrected chi connectivity index (χ4v) is 7.75. The summed E-state index contributed by atoms with van der Waals surface area (Å²) in [6.07, 6.45) is 3.55. The van der Waals surface area contributed by atoms with Crippen LogP contribution in [0.15, 0.2) is 97.1 Å². The Morgan fingerprint density at radius 2 is 1.19 bits per heavy atom. The molecule has 0 radical (unpaired) electrons. The monoisotopic (exact) mass is 446 g/mol. The van der Waals surface area contributed by atoms with Crippen molar-refractivity contribution in [1.29, 1.82) is 0 Å². The fourth-order valence-electron chi connectivity index (χ4n) is 4.38. The molecule has 3 aromatic carbocycles. The molecule has 1 unspecified atom stereocenters. The van der Waals surface area contributed by atoms with Crippen LogP contribution in [-0.2, 0) is 17.7 Å². The maximum Gasteiger partial charge on any atom is 0.249 e. The van der Waals surface area contributed by atoms with E-state index in [-0.39, 0.29) is 12.1 Å². The van der Waals surface area contributed by atoms with Crippen LogP contribution in [0.5, 0.6) is 0 Å². The van der Waals surface area contributed by atoms with Gasteiger partial charge in [-0.2, -0.15) is 0 Å². The van der Waals surface area contributed by atoms with Crippen LogP contribution in [0.1, 0.15) is 30.5 Å². The van der Waals surface area contributed by atoms with E-state index in [4.69, 9.17) is 0 Å². The Morgan fingerprint density at radius 1 is 0.781 bits per heavy atom. The molecule has 1 fully saturated rings. The molecule has 4 nitrogen and oxygen atoms in total. The second-order valence-corrected chi connectivity index (χ2v) is 11.2. The lowest BCUT2D eigenvalue weighted by atomic mass is 10.1. The first-order valence-corrected chi connectivity index (χ1v) is 12.8. The van der Waals surface area contributed by atoms with Crippen LogP contribution in [0.25, 0.3) is 6.08 Å². The van der Waals surface area contributed by atoms with Gasteiger partial charge >= 0.3 is 0 Å². The van der Waals surface area contributed by atoms with E-state index in [9.17, 15) is 9.67 Å². The Labute approximate surface area is 191 Å². The van der Waals surface area contributed by atoms with E-state index >= 15 is 0 Å². The highest BCUT2D eigenvalue weighted by Gasteiger charge is 2.54. The first-order chi connectivity index (χ1) is 15.5. The molecular weight excluding hydrogens is 415 g/mol. The van der Waals surface area contributed by atoms with Gasteiger partial charge in [0.05, 0.1) is 0 Å². The van der Waals surface area contributed by atoms with Crippen LogP contribution in [-0.4, -0.2) is 32.4 Å². The van der Waals surface area contributed by atoms with E-state index in [1.165, 1.54) is 0 Å². The highest BCUT2D eigenvalue weighted by atomic mass is 31.2. The van der Waals surface area contributed by atoms with Crippen molar-refractivity contribution in [2.45, 2.75) is 44.9 Å². The van der Waals surface area contributed by atoms with Gasteiger partial charge in [0.15, 0.2) is 5.85 Å². The lowest BCUT2D eigenvalue weighted by Gasteiger charge is -2.34. The lowest BCUT2D eigenvalue weighted by Crippen LogP contribution is -2.32. The second kappa shape index (κ2) is 9.97. The molecule has 3 atom stereocenters. The van der Waals surface area contributed by atoms with Gasteiger partial charge in [0.1, 0.15) is 0 Å². The number of hydrogen-bond donors (Lipinski definition) is 1. The Hall–Kier alpha value is -2.49. The van der Waals surface area contributed by atoms with Gasteiger partial charge in [-0.1, -0.05) is 97.1 Å². The zero-order chi connectivity index (χ0) is 22.6. The molecule has 1 heterocycles. The molecule has 0 amide bonds. The van der Waals surface area contributed by atoms with Crippen LogP contribution < -0.4 is 0 Å². The second-order valence-electron chi connectivity index (χ2n) is 8.42. The van der Waals surface area contributed by atoms with Gasteiger partial charge in [0.25, 0.3) is 0 Å². The number of aliphatic hydroxyl groups is 1. The van der Waals surface area contributed by atoms with Crippen molar-refractivity contribution in [2.75, 3.05) is 0 Å². The topological polar surface area (TPSA) is 43.8 Å². The van der Waals surface area contributed by atoms with Gasteiger partial charge in [-0.3, -0.25) is 4.57 Å². The summed E-state index contributed by atoms with van der Waals surface area (Å²) in [5.74, 6) is -1.09. The van der Waals surface area contributed by atoms with Gasteiger partial charge in [0.2, 0.25) is 7.44 Å². The fraction of sp³-hybridized carbons (Fsp3) is 0.259. The molecule has 0 saturated carbocycles. The van der Waals surface area contributed by atoms with Gasteiger partial charge < -0.3 is 5.11 Å². The SMILES string of the molecule is C[C@H]1[C@H](C)N(Cc2ccccc2)P(=O)(C(O)/C=C/c2ccccc2)N1Cc1ccccc1. The Balaban J connectivity index is 1.70. The van der Waals surface area contributed by atoms with Crippen molar-refractivity contribution in [3.8, 4) is 0 Å². The number of aliphatic hydroxyl groups excluding tert-OH is 1. The Bertz CT molecular complexity index is 1020. The largest absolute Gasteiger partial charge is 0.378 e. The first-order valence-electron chi connectivity index (χ1n) is 11.1. The van der Waals surface area contributed by atoms with Gasteiger partial charge in [-0.15, -0.1) is 0 Å². The highest BCUT2D eigenvalue weighted by Crippen LogP contribution is 2.65. The molecule has 0 bridgehead atoms. The summed E-state index contributed by atoms with van der Waals surface area (Å²) in [4.78, 5) is 0. The van der Waals surface area contributed by atoms with E-state index in [1.807, 2.05) is 106 Å². The molecular formula is C27H31N2O2P. The zero-order valence-corrected chi connectivity index (χ0v) is 19.6. The minimum Gasteiger partial charge on any atom is -0.378 e. The van der Waals surface area contributed by atoms with E-state index in [1.54, 1.807) is 6.08 Å². The van der Waals surface area contributed by atoms with Crippen molar-refractivity contribution in [3.63, 3.8) is 0 Å². The number of rotatable bonds is 7. The lowest BCUT2D eigenvalue weighted by molar-refractivity contribution is 0.261. The third kappa shape index (κ3) is 4.65. The van der Waals surface area contributed by atoms with Crippen LogP contribution in [0.2, 0.25) is 0 Å². The van der Waals surface area contributed by atoms with Crippen molar-refractivity contribution >= 4 is 13.5 Å². The normalized spacial score (nSPS) is 22.3. The molecule has 0 aliphatic carbocycles. The summed E-state index contributed by atoms with van der Waals surface area (Å²) in [6.45, 7) is 5.29. The molecule has 1 aliphatic rings. The average Bonchev–Trinajstić information content (AvgIpc) is 3.01. The molecule has 5 heteroatoms. The predicted molar refractivity (Wildman–Crippen MR) is 132 cm³/mol. The van der Waals surface area contributed by atoms with Gasteiger partial charge in [-0.05, 0) is 36.6 Å². The minimum absolute atomic E-state index is 0.0320. The van der Waals surface area contributed by atoms with Crippen LogP contribution in [0.4, 0.5) is 0 Å². The molecule has 166 valence electrons. The van der Waals surface area contributed by atoms with Crippen molar-refractivity contribution in [3.05, 3.63) is 114 Å². The predicted octanol–water partition coefficient (Wildman–Crippen LogP) is 6.01. The number of hydrogen-bond acceptors (Lipinski definition) is 2. The minimum atomic E-state index is -3.33. The third-order valence-electron chi connectivity index (χ3n) is 6.35. The molecule has 4 rings (SSSR count). The van der Waals surface area contributed by atoms with Crippen molar-refractivity contribution < 1.29 is 9.67 Å². The Morgan fingerprint density at radius 3 is 1.62 bits per heavy atom. The van der Waals surface area contributed by atoms with Gasteiger partial charge in [0, 0.05) is 25.2 Å². The molecule has 0 aromatic heterocycles. The quantitative estimate of drug-likeness (QED) is 0.452. The van der Waals surface area contributed by atoms with E-state index < -0.39 is 13.3 Å². The maximum atomic E-state index is 14.8. The molecule has 32 heavy (non-hydrogen) atoms. The maximum absolute atomic E-state index is 14.8. The standard InChI is InChI=1S/C27H31N2O2P/c1-22-23(2)29(21-26-16-10-5-11-17-26)32(31,28(22)20-25-14-8-4-9-15-25)27(30)19-18-24-12-6-3-7-13-24/h3-19,22-23,27,30H,20-21H2,1-2H3/b19-18+/t22-,23-,27?/m0/s1. The summed E-state index contributed by atoms with van der Waals surface area (Å²) in [5, 5.41) is 11.4. The zero-order valence-electron chi connectivity index (χ0n) is 18.7. The van der Waals surface area contributed by atoms with Crippen LogP contribution >= 0.6 is 7.44 Å². The van der Waals surface area contributed by atoms with E-state index in [0.29, 0.717) is 13.1 Å². The Kier molecular flexibility index (Phi) is 7.07. The highest BCUT2D eigenvalue weighted by molar-refractivity contribution is 7.60. The van der Waals surface area contributed by atoms with Crippen LogP contribution in [0.3, 0.4) is 0 Å².